The van der Waals surface area contributed by atoms with Crippen molar-refractivity contribution in [3.63, 3.8) is 0 Å². The minimum atomic E-state index is -1.07. The second-order valence-corrected chi connectivity index (χ2v) is 22.9. The largest absolute Gasteiger partial charge is 0 e. The quantitative estimate of drug-likeness (QED) is 0.149. The molecule has 0 N–H and O–H groups in total. The molecule has 2 heterocycles. The summed E-state index contributed by atoms with van der Waals surface area (Å²) in [6.07, 6.45) is 0. The number of hydrogen-bond acceptors (Lipinski definition) is 2. The summed E-state index contributed by atoms with van der Waals surface area (Å²) < 4.78 is 40.2. The van der Waals surface area contributed by atoms with E-state index in [0.29, 0.717) is 0 Å². The zero-order valence-electron chi connectivity index (χ0n) is 17.6. The third-order valence-electron chi connectivity index (χ3n) is 3.66. The average molecular weight is 639 g/mol. The van der Waals surface area contributed by atoms with Crippen LogP contribution in [0, 0.1) is 33.3 Å². The average Bonchev–Trinajstić information content (AvgIpc) is 3.08. The summed E-state index contributed by atoms with van der Waals surface area (Å²) in [5, 5.41) is 4.59. The second kappa shape index (κ2) is 21.2. The van der Waals surface area contributed by atoms with Gasteiger partial charge in [-0.1, -0.05) is 39.3 Å². The van der Waals surface area contributed by atoms with Crippen molar-refractivity contribution in [1.82, 2.24) is 4.67 Å². The van der Waals surface area contributed by atoms with Gasteiger partial charge in [0.25, 0.3) is 0 Å². The van der Waals surface area contributed by atoms with E-state index < -0.39 is 16.1 Å². The fourth-order valence-corrected chi connectivity index (χ4v) is 24.9. The van der Waals surface area contributed by atoms with E-state index in [1.54, 1.807) is 5.56 Å². The fraction of sp³-hybridized carbons (Fsp3) is 0.500. The third kappa shape index (κ3) is 13.8. The molecule has 0 spiro atoms. The fourth-order valence-electron chi connectivity index (χ4n) is 3.48. The van der Waals surface area contributed by atoms with Crippen LogP contribution in [0.5, 0.6) is 0 Å². The van der Waals surface area contributed by atoms with Gasteiger partial charge in [0.2, 0.25) is 0 Å². The summed E-state index contributed by atoms with van der Waals surface area (Å²) in [5.41, 5.74) is 1.58. The Morgan fingerprint density at radius 1 is 0.862 bits per heavy atom. The van der Waals surface area contributed by atoms with Crippen LogP contribution in [0.4, 0.5) is 0 Å². The Bertz CT molecular complexity index is 573. The molecule has 11 heteroatoms. The minimum Gasteiger partial charge on any atom is 0 e. The van der Waals surface area contributed by atoms with Crippen LogP contribution < -0.4 is 0 Å². The first-order chi connectivity index (χ1) is 13.1. The Morgan fingerprint density at radius 2 is 1.21 bits per heavy atom. The maximum Gasteiger partial charge on any atom is 0 e. The Labute approximate surface area is 196 Å². The molecular weight excluding hydrogens is 613 g/mol. The van der Waals surface area contributed by atoms with E-state index >= 15 is 0 Å². The predicted octanol–water partition coefficient (Wildman–Crippen LogP) is 5.02. The number of rotatable bonds is 4. The van der Waals surface area contributed by atoms with Crippen molar-refractivity contribution in [3.8, 4) is 0 Å². The van der Waals surface area contributed by atoms with Crippen LogP contribution in [0.3, 0.4) is 0 Å². The van der Waals surface area contributed by atoms with Gasteiger partial charge in [-0.05, 0) is 42.4 Å². The predicted molar refractivity (Wildman–Crippen MR) is 112 cm³/mol. The molecule has 6 nitrogen and oxygen atoms in total. The first-order valence-corrected chi connectivity index (χ1v) is 17.2. The molecule has 3 atom stereocenters. The molecule has 29 heavy (non-hydrogen) atoms. The van der Waals surface area contributed by atoms with Crippen molar-refractivity contribution in [2.75, 3.05) is 7.05 Å². The molecule has 2 rings (SSSR count). The molecule has 0 amide bonds. The van der Waals surface area contributed by atoms with Gasteiger partial charge in [0.05, 0.1) is 21.9 Å². The van der Waals surface area contributed by atoms with Crippen molar-refractivity contribution >= 4 is 35.6 Å². The maximum atomic E-state index is 7.50. The summed E-state index contributed by atoms with van der Waals surface area (Å²) in [6.45, 7) is 38.0. The van der Waals surface area contributed by atoms with Gasteiger partial charge in [0, 0.05) is 21.1 Å². The van der Waals surface area contributed by atoms with Crippen LogP contribution in [0.2, 0.25) is 39.3 Å². The van der Waals surface area contributed by atoms with E-state index in [1.807, 2.05) is 11.3 Å². The van der Waals surface area contributed by atoms with Gasteiger partial charge in [-0.15, -0.1) is 0 Å². The van der Waals surface area contributed by atoms with Crippen LogP contribution in [-0.4, -0.2) is 32.8 Å². The summed E-state index contributed by atoms with van der Waals surface area (Å²) >= 11 is 1.85. The molecule has 158 valence electrons. The zero-order valence-corrected chi connectivity index (χ0v) is 24.3. The molecule has 0 bridgehead atoms. The van der Waals surface area contributed by atoms with Crippen molar-refractivity contribution in [1.29, 1.82) is 0 Å². The molecule has 1 saturated heterocycles. The summed E-state index contributed by atoms with van der Waals surface area (Å²) in [5.74, 6) is 0.773. The Balaban J connectivity index is -0.000000153. The Morgan fingerprint density at radius 3 is 1.45 bits per heavy atom. The van der Waals surface area contributed by atoms with E-state index in [1.165, 1.54) is 0 Å². The van der Waals surface area contributed by atoms with Crippen molar-refractivity contribution in [3.05, 3.63) is 55.6 Å². The van der Waals surface area contributed by atoms with E-state index in [2.05, 4.69) is 101 Å². The van der Waals surface area contributed by atoms with Crippen molar-refractivity contribution in [2.24, 2.45) is 0 Å². The summed E-state index contributed by atoms with van der Waals surface area (Å²) in [6, 6.07) is 2.33. The standard InChI is InChI=1S/C13H26NPSSi2.5CO.W/c1-14-12(11-8-9-16-10-11)15(14)13(17(2,3)4)18(5,6)7;5*1-2;/h8-10,12-13H,1-7H3;;;;;;/t12-,14?,15-;;;;;;/m1....../s1. The Hall–Kier alpha value is -0.0879. The van der Waals surface area contributed by atoms with E-state index in [-0.39, 0.29) is 29.1 Å². The number of hydrogen-bond donors (Lipinski definition) is 0. The summed E-state index contributed by atoms with van der Waals surface area (Å²) in [4.78, 5) is 1.05. The van der Waals surface area contributed by atoms with E-state index in [0.717, 1.165) is 10.7 Å². The molecule has 1 aromatic heterocycles. The van der Waals surface area contributed by atoms with Crippen LogP contribution in [0.15, 0.2) is 16.8 Å². The zero-order chi connectivity index (χ0) is 23.7. The normalized spacial score (nSPS) is 18.2. The molecule has 1 aliphatic rings. The first kappa shape index (κ1) is 39.4. The third-order valence-corrected chi connectivity index (χ3v) is 21.5. The molecule has 0 radical (unpaired) electrons. The van der Waals surface area contributed by atoms with Crippen molar-refractivity contribution < 1.29 is 44.3 Å². The minimum absolute atomic E-state index is 0. The molecule has 0 saturated carbocycles. The smallest absolute Gasteiger partial charge is 0 e. The second-order valence-electron chi connectivity index (χ2n) is 7.52. The molecule has 1 aliphatic heterocycles. The molecule has 1 aromatic rings. The van der Waals surface area contributed by atoms with Gasteiger partial charge in [0.15, 0.2) is 0 Å². The van der Waals surface area contributed by atoms with Crippen LogP contribution >= 0.6 is 19.4 Å². The monoisotopic (exact) mass is 639 g/mol. The SMILES string of the molecule is CN1[C@@H](c2ccsc2)[P@]1C([Si](C)(C)C)[Si](C)(C)C.[C-]#[O+].[C-]#[O+].[C-]#[O+].[C-]#[O+].[C-]#[O+].[W]. The topological polar surface area (TPSA) is 103 Å². The molecule has 1 unspecified atom stereocenters. The van der Waals surface area contributed by atoms with Crippen molar-refractivity contribution in [2.45, 2.75) is 50.0 Å². The van der Waals surface area contributed by atoms with Gasteiger partial charge in [-0.3, -0.25) is 4.67 Å². The van der Waals surface area contributed by atoms with Gasteiger partial charge >= 0.3 is 56.5 Å². The number of thiophene rings is 1. The van der Waals surface area contributed by atoms with Gasteiger partial charge in [0.1, 0.15) is 0 Å². The summed E-state index contributed by atoms with van der Waals surface area (Å²) in [7, 11) is 0.314. The van der Waals surface area contributed by atoms with Crippen LogP contribution in [0.25, 0.3) is 0 Å². The number of nitrogens with zero attached hydrogens (tertiary/aromatic N) is 1. The Kier molecular flexibility index (Phi) is 28.7. The van der Waals surface area contributed by atoms with Gasteiger partial charge < -0.3 is 0 Å². The van der Waals surface area contributed by atoms with Gasteiger partial charge in [-0.25, -0.2) is 0 Å². The molecule has 1 fully saturated rings. The molecule has 0 aliphatic carbocycles. The molecular formula is C18H26NO5PSSi2W. The van der Waals surface area contributed by atoms with Gasteiger partial charge in [-0.2, -0.15) is 11.3 Å². The molecule has 0 aromatic carbocycles. The van der Waals surface area contributed by atoms with Crippen LogP contribution in [0.1, 0.15) is 11.3 Å². The van der Waals surface area contributed by atoms with E-state index in [9.17, 15) is 0 Å². The maximum absolute atomic E-state index is 7.50. The van der Waals surface area contributed by atoms with E-state index in [4.69, 9.17) is 23.3 Å². The van der Waals surface area contributed by atoms with Crippen LogP contribution in [-0.2, 0) is 44.3 Å². The first-order valence-electron chi connectivity index (χ1n) is 7.69.